The lowest BCUT2D eigenvalue weighted by Gasteiger charge is -2.30. The van der Waals surface area contributed by atoms with E-state index in [2.05, 4.69) is 27.7 Å². The van der Waals surface area contributed by atoms with Gasteiger partial charge in [0.05, 0.1) is 11.2 Å². The van der Waals surface area contributed by atoms with Crippen LogP contribution in [-0.2, 0) is 9.47 Å². The van der Waals surface area contributed by atoms with Crippen molar-refractivity contribution in [1.82, 2.24) is 0 Å². The molecule has 0 atom stereocenters. The lowest BCUT2D eigenvalue weighted by atomic mass is 10.1. The van der Waals surface area contributed by atoms with Crippen LogP contribution < -0.4 is 0 Å². The maximum absolute atomic E-state index is 13.3. The Kier molecular flexibility index (Phi) is 11.9. The normalized spacial score (nSPS) is 13.5. The minimum Gasteiger partial charge on any atom is -0.475 e. The summed E-state index contributed by atoms with van der Waals surface area (Å²) in [6, 6.07) is 2.81. The molecule has 0 aliphatic carbocycles. The third-order valence-corrected chi connectivity index (χ3v) is 8.37. The van der Waals surface area contributed by atoms with E-state index < -0.39 is 5.97 Å². The molecule has 1 aromatic rings. The first-order valence-electron chi connectivity index (χ1n) is 12.2. The number of thioether (sulfide) groups is 2. The summed E-state index contributed by atoms with van der Waals surface area (Å²) in [7, 11) is 0. The second kappa shape index (κ2) is 13.0. The first-order chi connectivity index (χ1) is 15.8. The van der Waals surface area contributed by atoms with Crippen molar-refractivity contribution in [3.05, 3.63) is 23.7 Å². The van der Waals surface area contributed by atoms with Crippen molar-refractivity contribution in [1.29, 1.82) is 0 Å². The van der Waals surface area contributed by atoms with Gasteiger partial charge in [0.2, 0.25) is 11.5 Å². The molecular formula is C27H46O6S2. The highest BCUT2D eigenvalue weighted by atomic mass is 32.2. The third kappa shape index (κ3) is 13.8. The van der Waals surface area contributed by atoms with E-state index >= 15 is 0 Å². The maximum atomic E-state index is 13.3. The van der Waals surface area contributed by atoms with E-state index in [4.69, 9.17) is 13.9 Å². The summed E-state index contributed by atoms with van der Waals surface area (Å²) < 4.78 is 17.0. The number of hydrogen-bond donors (Lipinski definition) is 1. The predicted molar refractivity (Wildman–Crippen MR) is 147 cm³/mol. The molecule has 1 N–H and O–H groups in total. The van der Waals surface area contributed by atoms with Gasteiger partial charge in [0.25, 0.3) is 0 Å². The zero-order valence-electron chi connectivity index (χ0n) is 23.3. The molecule has 0 aliphatic rings. The summed E-state index contributed by atoms with van der Waals surface area (Å²) in [6.45, 7) is 22.2. The van der Waals surface area contributed by atoms with E-state index in [1.165, 1.54) is 12.1 Å². The van der Waals surface area contributed by atoms with Crippen molar-refractivity contribution in [3.63, 3.8) is 0 Å². The van der Waals surface area contributed by atoms with Crippen LogP contribution >= 0.6 is 23.5 Å². The molecule has 0 amide bonds. The highest BCUT2D eigenvalue weighted by Crippen LogP contribution is 2.36. The highest BCUT2D eigenvalue weighted by Gasteiger charge is 2.30. The van der Waals surface area contributed by atoms with E-state index in [-0.39, 0.29) is 43.9 Å². The third-order valence-electron chi connectivity index (χ3n) is 5.26. The number of carboxylic acids is 1. The first kappa shape index (κ1) is 32.1. The van der Waals surface area contributed by atoms with Crippen molar-refractivity contribution in [2.75, 3.05) is 24.7 Å². The number of carbonyl (C=O) groups is 2. The van der Waals surface area contributed by atoms with Gasteiger partial charge in [-0.1, -0.05) is 27.7 Å². The number of rotatable bonds is 15. The van der Waals surface area contributed by atoms with Crippen LogP contribution in [0.25, 0.3) is 0 Å². The molecule has 0 aliphatic heterocycles. The topological polar surface area (TPSA) is 86.0 Å². The molecule has 0 saturated carbocycles. The monoisotopic (exact) mass is 530 g/mol. The summed E-state index contributed by atoms with van der Waals surface area (Å²) in [4.78, 5) is 24.6. The minimum atomic E-state index is -1.18. The second-order valence-electron chi connectivity index (χ2n) is 12.1. The summed E-state index contributed by atoms with van der Waals surface area (Å²) in [6.07, 6.45) is 1.73. The predicted octanol–water partition coefficient (Wildman–Crippen LogP) is 7.21. The highest BCUT2D eigenvalue weighted by molar-refractivity contribution is 8.01. The molecule has 0 aromatic carbocycles. The van der Waals surface area contributed by atoms with Crippen LogP contribution in [0.2, 0.25) is 0 Å². The molecule has 0 bridgehead atoms. The van der Waals surface area contributed by atoms with Crippen molar-refractivity contribution in [2.24, 2.45) is 5.92 Å². The van der Waals surface area contributed by atoms with Crippen molar-refractivity contribution in [2.45, 2.75) is 103 Å². The summed E-state index contributed by atoms with van der Waals surface area (Å²) in [5.41, 5.74) is -0.362. The first-order valence-corrected chi connectivity index (χ1v) is 14.2. The number of ether oxygens (including phenoxy) is 2. The Balaban J connectivity index is 2.86. The van der Waals surface area contributed by atoms with Gasteiger partial charge in [-0.3, -0.25) is 4.79 Å². The lowest BCUT2D eigenvalue weighted by molar-refractivity contribution is -0.00664. The SMILES string of the molecule is CC(C)(C)OCCC(C)(C)SCC(CSC(C)(C)CCOC(C)(C)C)C(=O)c1ccc(C(=O)O)o1. The zero-order chi connectivity index (χ0) is 27.1. The molecule has 35 heavy (non-hydrogen) atoms. The standard InChI is InChI=1S/C27H46O6S2/c1-24(2,3)31-15-13-26(7,8)34-17-19(22(28)20-11-12-21(33-20)23(29)30)18-35-27(9,10)14-16-32-25(4,5)6/h11-12,19H,13-18H2,1-10H3,(H,29,30). The van der Waals surface area contributed by atoms with Crippen LogP contribution in [0.3, 0.4) is 0 Å². The molecule has 1 rings (SSSR count). The summed E-state index contributed by atoms with van der Waals surface area (Å²) >= 11 is 3.50. The van der Waals surface area contributed by atoms with Gasteiger partial charge in [-0.25, -0.2) is 4.79 Å². The maximum Gasteiger partial charge on any atom is 0.371 e. The van der Waals surface area contributed by atoms with Crippen LogP contribution in [0.1, 0.15) is 103 Å². The number of aromatic carboxylic acids is 1. The van der Waals surface area contributed by atoms with Gasteiger partial charge in [0.15, 0.2) is 5.76 Å². The van der Waals surface area contributed by atoms with Crippen molar-refractivity contribution in [3.8, 4) is 0 Å². The molecule has 1 heterocycles. The number of hydrogen-bond acceptors (Lipinski definition) is 7. The quantitative estimate of drug-likeness (QED) is 0.238. The minimum absolute atomic E-state index is 0.0695. The van der Waals surface area contributed by atoms with E-state index in [0.29, 0.717) is 24.7 Å². The van der Waals surface area contributed by atoms with Gasteiger partial charge in [0.1, 0.15) is 0 Å². The molecule has 0 unspecified atom stereocenters. The average Bonchev–Trinajstić information content (AvgIpc) is 3.15. The Hall–Kier alpha value is -0.960. The Morgan fingerprint density at radius 1 is 0.800 bits per heavy atom. The van der Waals surface area contributed by atoms with Crippen molar-refractivity contribution >= 4 is 35.3 Å². The Morgan fingerprint density at radius 2 is 1.20 bits per heavy atom. The number of Topliss-reactive ketones (excluding diaryl/α,β-unsaturated/α-hetero) is 1. The molecule has 8 heteroatoms. The fourth-order valence-corrected chi connectivity index (χ4v) is 5.44. The lowest BCUT2D eigenvalue weighted by Crippen LogP contribution is -2.29. The van der Waals surface area contributed by atoms with Gasteiger partial charge in [-0.05, 0) is 66.5 Å². The van der Waals surface area contributed by atoms with E-state index in [9.17, 15) is 14.7 Å². The average molecular weight is 531 g/mol. The van der Waals surface area contributed by atoms with Gasteiger partial charge >= 0.3 is 5.97 Å². The van der Waals surface area contributed by atoms with Gasteiger partial charge in [-0.15, -0.1) is 0 Å². The molecule has 0 saturated heterocycles. The van der Waals surface area contributed by atoms with E-state index in [1.807, 2.05) is 41.5 Å². The molecular weight excluding hydrogens is 484 g/mol. The van der Waals surface area contributed by atoms with Crippen LogP contribution in [0, 0.1) is 5.92 Å². The van der Waals surface area contributed by atoms with Crippen LogP contribution in [0.5, 0.6) is 0 Å². The van der Waals surface area contributed by atoms with Crippen LogP contribution in [0.15, 0.2) is 16.5 Å². The van der Waals surface area contributed by atoms with Crippen molar-refractivity contribution < 1.29 is 28.6 Å². The Labute approximate surface area is 220 Å². The van der Waals surface area contributed by atoms with Gasteiger partial charge in [-0.2, -0.15) is 23.5 Å². The smallest absolute Gasteiger partial charge is 0.371 e. The summed E-state index contributed by atoms with van der Waals surface area (Å²) in [5, 5.41) is 9.18. The van der Waals surface area contributed by atoms with Gasteiger partial charge < -0.3 is 19.0 Å². The van der Waals surface area contributed by atoms with Crippen LogP contribution in [-0.4, -0.2) is 62.3 Å². The Bertz CT molecular complexity index is 778. The zero-order valence-corrected chi connectivity index (χ0v) is 24.9. The fourth-order valence-electron chi connectivity index (χ4n) is 2.99. The molecule has 202 valence electrons. The van der Waals surface area contributed by atoms with Crippen LogP contribution in [0.4, 0.5) is 0 Å². The molecule has 0 radical (unpaired) electrons. The molecule has 6 nitrogen and oxygen atoms in total. The number of carbonyl (C=O) groups excluding carboxylic acids is 1. The van der Waals surface area contributed by atoms with Gasteiger partial charge in [0, 0.05) is 40.1 Å². The fraction of sp³-hybridized carbons (Fsp3) is 0.778. The number of furan rings is 1. The molecule has 0 spiro atoms. The number of carboxylic acid groups (broad SMARTS) is 1. The number of ketones is 1. The largest absolute Gasteiger partial charge is 0.475 e. The van der Waals surface area contributed by atoms with E-state index in [0.717, 1.165) is 12.8 Å². The molecule has 0 fully saturated rings. The van der Waals surface area contributed by atoms with E-state index in [1.54, 1.807) is 23.5 Å². The second-order valence-corrected chi connectivity index (χ2v) is 15.5. The Morgan fingerprint density at radius 3 is 1.54 bits per heavy atom. The summed E-state index contributed by atoms with van der Waals surface area (Å²) in [5.74, 6) is -0.505. The molecule has 1 aromatic heterocycles.